The summed E-state index contributed by atoms with van der Waals surface area (Å²) in [6.07, 6.45) is 2.36. The Morgan fingerprint density at radius 2 is 1.94 bits per heavy atom. The third kappa shape index (κ3) is 3.43. The van der Waals surface area contributed by atoms with Crippen molar-refractivity contribution in [2.45, 2.75) is 24.9 Å². The number of benzene rings is 2. The van der Waals surface area contributed by atoms with Gasteiger partial charge in [0, 0.05) is 43.0 Å². The summed E-state index contributed by atoms with van der Waals surface area (Å²) in [6, 6.07) is 13.4. The maximum absolute atomic E-state index is 13.2. The quantitative estimate of drug-likeness (QED) is 0.827. The minimum Gasteiger partial charge on any atom is -0.496 e. The number of urea groups is 1. The van der Waals surface area contributed by atoms with E-state index in [1.54, 1.807) is 12.0 Å². The van der Waals surface area contributed by atoms with Gasteiger partial charge in [-0.15, -0.1) is 0 Å². The first kappa shape index (κ1) is 19.9. The van der Waals surface area contributed by atoms with Crippen molar-refractivity contribution in [1.29, 1.82) is 0 Å². The number of likely N-dealkylation sites (tertiary alicyclic amines) is 1. The van der Waals surface area contributed by atoms with Crippen molar-refractivity contribution in [3.63, 3.8) is 0 Å². The summed E-state index contributed by atoms with van der Waals surface area (Å²) in [4.78, 5) is 28.8. The van der Waals surface area contributed by atoms with Crippen molar-refractivity contribution in [3.05, 3.63) is 59.2 Å². The first-order valence-electron chi connectivity index (χ1n) is 10.9. The summed E-state index contributed by atoms with van der Waals surface area (Å²) in [7, 11) is 1.70. The number of anilines is 1. The third-order valence-corrected chi connectivity index (χ3v) is 6.66. The number of carbonyl (C=O) groups excluding carboxylic acids is 2. The van der Waals surface area contributed by atoms with Crippen LogP contribution in [0.1, 0.15) is 34.3 Å². The topological polar surface area (TPSA) is 71.1 Å². The normalized spacial score (nSPS) is 19.8. The van der Waals surface area contributed by atoms with Gasteiger partial charge in [0.15, 0.2) is 0 Å². The van der Waals surface area contributed by atoms with Crippen LogP contribution in [-0.4, -0.2) is 56.7 Å². The summed E-state index contributed by atoms with van der Waals surface area (Å²) in [5.74, 6) is 0.862. The van der Waals surface area contributed by atoms with Crippen molar-refractivity contribution in [3.8, 4) is 5.75 Å². The van der Waals surface area contributed by atoms with Gasteiger partial charge in [-0.05, 0) is 49.1 Å². The average Bonchev–Trinajstić information content (AvgIpc) is 3.25. The van der Waals surface area contributed by atoms with Gasteiger partial charge in [-0.3, -0.25) is 9.69 Å². The first-order chi connectivity index (χ1) is 15.1. The fraction of sp³-hybridized carbons (Fsp3) is 0.417. The highest BCUT2D eigenvalue weighted by Crippen LogP contribution is 2.46. The van der Waals surface area contributed by atoms with Crippen LogP contribution < -0.4 is 15.0 Å². The third-order valence-electron chi connectivity index (χ3n) is 6.66. The molecule has 3 amide bonds. The minimum absolute atomic E-state index is 0.00707. The molecule has 0 saturated carbocycles. The molecule has 2 fully saturated rings. The Morgan fingerprint density at radius 1 is 1.13 bits per heavy atom. The Kier molecular flexibility index (Phi) is 5.06. The zero-order valence-corrected chi connectivity index (χ0v) is 17.7. The molecule has 3 heterocycles. The molecule has 1 spiro atoms. The fourth-order valence-electron chi connectivity index (χ4n) is 5.07. The van der Waals surface area contributed by atoms with Crippen molar-refractivity contribution in [2.24, 2.45) is 0 Å². The monoisotopic (exact) mass is 421 g/mol. The summed E-state index contributed by atoms with van der Waals surface area (Å²) in [5.41, 5.74) is 3.39. The molecule has 0 radical (unpaired) electrons. The van der Waals surface area contributed by atoms with E-state index >= 15 is 0 Å². The molecule has 0 aromatic heterocycles. The predicted molar refractivity (Wildman–Crippen MR) is 117 cm³/mol. The molecule has 5 rings (SSSR count). The lowest BCUT2D eigenvalue weighted by Crippen LogP contribution is -2.48. The molecule has 2 aromatic carbocycles. The van der Waals surface area contributed by atoms with Gasteiger partial charge in [-0.2, -0.15) is 0 Å². The molecule has 162 valence electrons. The number of hydrogen-bond acceptors (Lipinski definition) is 4. The largest absolute Gasteiger partial charge is 0.496 e. The Bertz CT molecular complexity index is 999. The molecular formula is C24H27N3O4. The number of fused-ring (bicyclic) bond motifs is 2. The van der Waals surface area contributed by atoms with E-state index in [0.717, 1.165) is 36.3 Å². The second-order valence-corrected chi connectivity index (χ2v) is 8.31. The second kappa shape index (κ2) is 7.89. The van der Waals surface area contributed by atoms with Crippen LogP contribution in [-0.2, 0) is 16.8 Å². The zero-order valence-electron chi connectivity index (χ0n) is 17.7. The summed E-state index contributed by atoms with van der Waals surface area (Å²) >= 11 is 0. The smallest absolute Gasteiger partial charge is 0.321 e. The molecule has 2 saturated heterocycles. The second-order valence-electron chi connectivity index (χ2n) is 8.31. The van der Waals surface area contributed by atoms with E-state index in [1.165, 1.54) is 5.56 Å². The van der Waals surface area contributed by atoms with Gasteiger partial charge in [0.1, 0.15) is 11.4 Å². The molecule has 0 aliphatic carbocycles. The summed E-state index contributed by atoms with van der Waals surface area (Å²) < 4.78 is 12.0. The number of hydrogen-bond donors (Lipinski definition) is 1. The van der Waals surface area contributed by atoms with Crippen LogP contribution in [0.15, 0.2) is 42.5 Å². The van der Waals surface area contributed by atoms with Crippen LogP contribution >= 0.6 is 0 Å². The van der Waals surface area contributed by atoms with E-state index in [1.807, 2.05) is 41.3 Å². The maximum Gasteiger partial charge on any atom is 0.321 e. The summed E-state index contributed by atoms with van der Waals surface area (Å²) in [5, 5.41) is 2.80. The van der Waals surface area contributed by atoms with E-state index in [4.69, 9.17) is 9.47 Å². The van der Waals surface area contributed by atoms with Crippen LogP contribution in [0.2, 0.25) is 0 Å². The highest BCUT2D eigenvalue weighted by atomic mass is 16.5. The maximum atomic E-state index is 13.2. The number of nitrogens with zero attached hydrogens (tertiary/aromatic N) is 2. The van der Waals surface area contributed by atoms with Crippen molar-refractivity contribution in [2.75, 3.05) is 44.8 Å². The van der Waals surface area contributed by atoms with Gasteiger partial charge in [0.2, 0.25) is 0 Å². The number of methoxy groups -OCH3 is 1. The van der Waals surface area contributed by atoms with Crippen molar-refractivity contribution >= 4 is 17.6 Å². The van der Waals surface area contributed by atoms with Gasteiger partial charge in [0.25, 0.3) is 5.91 Å². The lowest BCUT2D eigenvalue weighted by Gasteiger charge is -2.45. The van der Waals surface area contributed by atoms with Crippen molar-refractivity contribution in [1.82, 2.24) is 10.2 Å². The van der Waals surface area contributed by atoms with E-state index in [0.29, 0.717) is 38.3 Å². The molecule has 0 unspecified atom stereocenters. The Hall–Kier alpha value is -3.06. The number of rotatable bonds is 3. The van der Waals surface area contributed by atoms with Crippen LogP contribution in [0, 0.1) is 0 Å². The lowest BCUT2D eigenvalue weighted by atomic mass is 9.78. The van der Waals surface area contributed by atoms with Gasteiger partial charge in [0.05, 0.1) is 13.7 Å². The summed E-state index contributed by atoms with van der Waals surface area (Å²) in [6.45, 7) is 3.15. The van der Waals surface area contributed by atoms with E-state index in [9.17, 15) is 9.59 Å². The first-order valence-corrected chi connectivity index (χ1v) is 10.9. The molecule has 3 aliphatic heterocycles. The highest BCUT2D eigenvalue weighted by Gasteiger charge is 2.43. The standard InChI is InChI=1S/C24H27N3O4/c1-30-20-7-3-4-17-8-15-31-24(21(17)20)9-12-26(13-10-24)22(28)18-5-2-6-19(16-18)27-14-11-25-23(27)29/h2-7,16H,8-15H2,1H3,(H,25,29). The number of amides is 3. The lowest BCUT2D eigenvalue weighted by molar-refractivity contribution is -0.0946. The van der Waals surface area contributed by atoms with Crippen LogP contribution in [0.4, 0.5) is 10.5 Å². The molecule has 31 heavy (non-hydrogen) atoms. The van der Waals surface area contributed by atoms with E-state index < -0.39 is 5.60 Å². The van der Waals surface area contributed by atoms with Crippen LogP contribution in [0.5, 0.6) is 5.75 Å². The zero-order chi connectivity index (χ0) is 21.4. The number of ether oxygens (including phenoxy) is 2. The molecule has 7 heteroatoms. The Labute approximate surface area is 181 Å². The van der Waals surface area contributed by atoms with Gasteiger partial charge < -0.3 is 19.7 Å². The van der Waals surface area contributed by atoms with Crippen LogP contribution in [0.3, 0.4) is 0 Å². The average molecular weight is 421 g/mol. The number of carbonyl (C=O) groups is 2. The molecule has 1 N–H and O–H groups in total. The van der Waals surface area contributed by atoms with Gasteiger partial charge in [-0.25, -0.2) is 4.79 Å². The van der Waals surface area contributed by atoms with Crippen molar-refractivity contribution < 1.29 is 19.1 Å². The van der Waals surface area contributed by atoms with E-state index in [-0.39, 0.29) is 11.9 Å². The number of nitrogens with one attached hydrogen (secondary N) is 1. The van der Waals surface area contributed by atoms with Gasteiger partial charge >= 0.3 is 6.03 Å². The molecule has 3 aliphatic rings. The molecular weight excluding hydrogens is 394 g/mol. The molecule has 0 atom stereocenters. The SMILES string of the molecule is COc1cccc2c1C1(CCN(C(=O)c3cccc(N4CCNC4=O)c3)CC1)OCC2. The predicted octanol–water partition coefficient (Wildman–Crippen LogP) is 2.93. The minimum atomic E-state index is -0.396. The molecule has 0 bridgehead atoms. The Balaban J connectivity index is 1.34. The number of piperidine rings is 1. The fourth-order valence-corrected chi connectivity index (χ4v) is 5.07. The Morgan fingerprint density at radius 3 is 2.68 bits per heavy atom. The van der Waals surface area contributed by atoms with Gasteiger partial charge in [-0.1, -0.05) is 18.2 Å². The van der Waals surface area contributed by atoms with E-state index in [2.05, 4.69) is 11.4 Å². The molecule has 2 aromatic rings. The molecule has 7 nitrogen and oxygen atoms in total. The highest BCUT2D eigenvalue weighted by molar-refractivity contribution is 5.98. The van der Waals surface area contributed by atoms with Crippen LogP contribution in [0.25, 0.3) is 0 Å².